The number of pyridine rings is 2. The lowest BCUT2D eigenvalue weighted by molar-refractivity contribution is 0.0128. The molecule has 32 heavy (non-hydrogen) atoms. The van der Waals surface area contributed by atoms with Crippen molar-refractivity contribution in [3.05, 3.63) is 83.8 Å². The lowest BCUT2D eigenvalue weighted by Gasteiger charge is -2.20. The van der Waals surface area contributed by atoms with Gasteiger partial charge in [-0.15, -0.1) is 0 Å². The Hall–Kier alpha value is -3.58. The number of nitrogens with zero attached hydrogens (tertiary/aromatic N) is 5. The Labute approximate surface area is 187 Å². The molecule has 160 valence electrons. The summed E-state index contributed by atoms with van der Waals surface area (Å²) in [5.41, 5.74) is 2.73. The maximum Gasteiger partial charge on any atom is 0.286 e. The molecular formula is C24H18ClF2N5. The van der Waals surface area contributed by atoms with Gasteiger partial charge in [0.1, 0.15) is 23.0 Å². The summed E-state index contributed by atoms with van der Waals surface area (Å²) in [7, 11) is 1.89. The summed E-state index contributed by atoms with van der Waals surface area (Å²) in [5.74, 6) is -1.60. The van der Waals surface area contributed by atoms with E-state index in [2.05, 4.69) is 4.98 Å². The molecule has 5 aromatic rings. The Morgan fingerprint density at radius 3 is 2.59 bits per heavy atom. The second kappa shape index (κ2) is 7.53. The molecular weight excluding hydrogens is 432 g/mol. The van der Waals surface area contributed by atoms with Crippen LogP contribution in [0.2, 0.25) is 5.02 Å². The third-order valence-corrected chi connectivity index (χ3v) is 5.55. The van der Waals surface area contributed by atoms with Gasteiger partial charge < -0.3 is 9.30 Å². The standard InChI is InChI=1S/C24H18ClF2N5/c1-24(26,27)20-11-8-15(14-28-20)18-5-3-6-21(29-18)31(2)23-17-10-9-16(25)13-19(17)32-12-4-7-22(32)30-23/h3-14H,1-2H3. The van der Waals surface area contributed by atoms with Crippen LogP contribution in [-0.2, 0) is 5.92 Å². The lowest BCUT2D eigenvalue weighted by Crippen LogP contribution is -2.14. The van der Waals surface area contributed by atoms with Crippen LogP contribution in [0.4, 0.5) is 20.4 Å². The van der Waals surface area contributed by atoms with E-state index in [1.54, 1.807) is 6.07 Å². The molecule has 1 aromatic carbocycles. The van der Waals surface area contributed by atoms with Crippen LogP contribution in [-0.4, -0.2) is 26.4 Å². The third kappa shape index (κ3) is 3.54. The van der Waals surface area contributed by atoms with E-state index in [0.29, 0.717) is 22.1 Å². The first kappa shape index (κ1) is 20.3. The van der Waals surface area contributed by atoms with Gasteiger partial charge in [-0.1, -0.05) is 17.7 Å². The van der Waals surface area contributed by atoms with Crippen LogP contribution in [0.25, 0.3) is 27.8 Å². The molecule has 0 amide bonds. The zero-order chi connectivity index (χ0) is 22.5. The van der Waals surface area contributed by atoms with E-state index in [-0.39, 0.29) is 5.69 Å². The molecule has 0 N–H and O–H groups in total. The molecule has 0 aliphatic rings. The van der Waals surface area contributed by atoms with Crippen LogP contribution in [0, 0.1) is 0 Å². The van der Waals surface area contributed by atoms with Gasteiger partial charge in [-0.2, -0.15) is 8.78 Å². The minimum absolute atomic E-state index is 0.274. The molecule has 0 fully saturated rings. The molecule has 0 aliphatic heterocycles. The Bertz CT molecular complexity index is 1440. The summed E-state index contributed by atoms with van der Waals surface area (Å²) in [6.45, 7) is 0.829. The number of hydrogen-bond acceptors (Lipinski definition) is 4. The molecule has 0 aliphatic carbocycles. The summed E-state index contributed by atoms with van der Waals surface area (Å²) < 4.78 is 29.0. The van der Waals surface area contributed by atoms with Crippen molar-refractivity contribution in [3.8, 4) is 11.3 Å². The number of fused-ring (bicyclic) bond motifs is 3. The predicted octanol–water partition coefficient (Wildman–Crippen LogP) is 6.48. The van der Waals surface area contributed by atoms with Crippen molar-refractivity contribution in [1.29, 1.82) is 0 Å². The van der Waals surface area contributed by atoms with E-state index in [9.17, 15) is 8.78 Å². The van der Waals surface area contributed by atoms with Gasteiger partial charge in [0.2, 0.25) is 0 Å². The summed E-state index contributed by atoms with van der Waals surface area (Å²) >= 11 is 6.25. The number of halogens is 3. The fourth-order valence-corrected chi connectivity index (χ4v) is 3.84. The fraction of sp³-hybridized carbons (Fsp3) is 0.125. The highest BCUT2D eigenvalue weighted by atomic mass is 35.5. The van der Waals surface area contributed by atoms with Crippen LogP contribution in [0.5, 0.6) is 0 Å². The summed E-state index contributed by atoms with van der Waals surface area (Å²) in [6, 6.07) is 18.0. The first-order valence-electron chi connectivity index (χ1n) is 9.93. The van der Waals surface area contributed by atoms with Gasteiger partial charge in [0.25, 0.3) is 5.92 Å². The van der Waals surface area contributed by atoms with Crippen molar-refractivity contribution in [2.45, 2.75) is 12.8 Å². The molecule has 5 rings (SSSR count). The van der Waals surface area contributed by atoms with E-state index < -0.39 is 5.92 Å². The number of alkyl halides is 2. The molecule has 4 aromatic heterocycles. The molecule has 8 heteroatoms. The molecule has 0 saturated carbocycles. The zero-order valence-electron chi connectivity index (χ0n) is 17.3. The second-order valence-corrected chi connectivity index (χ2v) is 8.03. The van der Waals surface area contributed by atoms with Gasteiger partial charge in [-0.25, -0.2) is 9.97 Å². The predicted molar refractivity (Wildman–Crippen MR) is 123 cm³/mol. The number of rotatable bonds is 4. The third-order valence-electron chi connectivity index (χ3n) is 5.31. The minimum Gasteiger partial charge on any atom is -0.314 e. The normalized spacial score (nSPS) is 11.9. The largest absolute Gasteiger partial charge is 0.314 e. The van der Waals surface area contributed by atoms with E-state index in [1.165, 1.54) is 12.3 Å². The maximum absolute atomic E-state index is 13.5. The SMILES string of the molecule is CN(c1cccc(-c2ccc(C(C)(F)F)nc2)n1)c1nc2cccn2c2cc(Cl)ccc12. The van der Waals surface area contributed by atoms with Crippen molar-refractivity contribution in [1.82, 2.24) is 19.4 Å². The van der Waals surface area contributed by atoms with Crippen molar-refractivity contribution in [2.75, 3.05) is 11.9 Å². The average Bonchev–Trinajstić information content (AvgIpc) is 3.26. The highest BCUT2D eigenvalue weighted by Crippen LogP contribution is 2.32. The summed E-state index contributed by atoms with van der Waals surface area (Å²) in [6.07, 6.45) is 3.36. The molecule has 5 nitrogen and oxygen atoms in total. The number of benzene rings is 1. The summed E-state index contributed by atoms with van der Waals surface area (Å²) in [5, 5.41) is 1.56. The molecule has 0 saturated heterocycles. The van der Waals surface area contributed by atoms with Crippen molar-refractivity contribution >= 4 is 39.8 Å². The van der Waals surface area contributed by atoms with Crippen LogP contribution >= 0.6 is 11.6 Å². The highest BCUT2D eigenvalue weighted by molar-refractivity contribution is 6.31. The Kier molecular flexibility index (Phi) is 4.78. The Morgan fingerprint density at radius 2 is 1.84 bits per heavy atom. The first-order valence-corrected chi connectivity index (χ1v) is 10.3. The molecule has 0 radical (unpaired) electrons. The number of aromatic nitrogens is 4. The quantitative estimate of drug-likeness (QED) is 0.315. The number of hydrogen-bond donors (Lipinski definition) is 0. The highest BCUT2D eigenvalue weighted by Gasteiger charge is 2.25. The summed E-state index contributed by atoms with van der Waals surface area (Å²) in [4.78, 5) is 15.4. The van der Waals surface area contributed by atoms with Gasteiger partial charge in [0.05, 0.1) is 11.2 Å². The van der Waals surface area contributed by atoms with Crippen molar-refractivity contribution in [2.24, 2.45) is 0 Å². The monoisotopic (exact) mass is 449 g/mol. The van der Waals surface area contributed by atoms with E-state index >= 15 is 0 Å². The van der Waals surface area contributed by atoms with Crippen molar-refractivity contribution in [3.63, 3.8) is 0 Å². The molecule has 0 atom stereocenters. The molecule has 4 heterocycles. The fourth-order valence-electron chi connectivity index (χ4n) is 3.67. The van der Waals surface area contributed by atoms with Crippen LogP contribution < -0.4 is 4.90 Å². The van der Waals surface area contributed by atoms with Gasteiger partial charge >= 0.3 is 0 Å². The van der Waals surface area contributed by atoms with Gasteiger partial charge in [0, 0.05) is 42.3 Å². The van der Waals surface area contributed by atoms with Gasteiger partial charge in [-0.3, -0.25) is 4.98 Å². The van der Waals surface area contributed by atoms with Crippen LogP contribution in [0.1, 0.15) is 12.6 Å². The molecule has 0 spiro atoms. The zero-order valence-corrected chi connectivity index (χ0v) is 18.1. The Morgan fingerprint density at radius 1 is 1.00 bits per heavy atom. The smallest absolute Gasteiger partial charge is 0.286 e. The number of anilines is 2. The first-order chi connectivity index (χ1) is 15.3. The van der Waals surface area contributed by atoms with Crippen LogP contribution in [0.3, 0.4) is 0 Å². The molecule has 0 unspecified atom stereocenters. The Balaban J connectivity index is 1.58. The van der Waals surface area contributed by atoms with E-state index in [0.717, 1.165) is 29.3 Å². The maximum atomic E-state index is 13.5. The molecule has 0 bridgehead atoms. The topological polar surface area (TPSA) is 46.3 Å². The van der Waals surface area contributed by atoms with E-state index in [1.807, 2.05) is 71.1 Å². The van der Waals surface area contributed by atoms with Crippen LogP contribution in [0.15, 0.2) is 73.1 Å². The average molecular weight is 450 g/mol. The van der Waals surface area contributed by atoms with Gasteiger partial charge in [0.15, 0.2) is 0 Å². The van der Waals surface area contributed by atoms with Gasteiger partial charge in [-0.05, 0) is 54.6 Å². The minimum atomic E-state index is -2.99. The lowest BCUT2D eigenvalue weighted by atomic mass is 10.1. The van der Waals surface area contributed by atoms with E-state index in [4.69, 9.17) is 21.6 Å². The van der Waals surface area contributed by atoms with Crippen molar-refractivity contribution < 1.29 is 8.78 Å². The second-order valence-electron chi connectivity index (χ2n) is 7.59.